The molecule has 0 spiro atoms. The van der Waals surface area contributed by atoms with Crippen molar-refractivity contribution in [3.8, 4) is 0 Å². The van der Waals surface area contributed by atoms with Gasteiger partial charge in [0.1, 0.15) is 11.9 Å². The molecule has 0 radical (unpaired) electrons. The molecule has 3 aromatic rings. The topological polar surface area (TPSA) is 20.2 Å². The zero-order valence-electron chi connectivity index (χ0n) is 9.98. The number of fused-ring (bicyclic) bond motifs is 1. The molecule has 5 heteroatoms. The Morgan fingerprint density at radius 3 is 2.58 bits per heavy atom. The van der Waals surface area contributed by atoms with E-state index in [0.29, 0.717) is 4.34 Å². The second-order valence-corrected chi connectivity index (χ2v) is 7.14. The fraction of sp³-hybridized carbons (Fsp3) is 0.143. The molecule has 0 bridgehead atoms. The second kappa shape index (κ2) is 4.87. The van der Waals surface area contributed by atoms with Crippen LogP contribution in [0.25, 0.3) is 10.1 Å². The molecule has 1 unspecified atom stereocenters. The molecule has 0 aliphatic rings. The van der Waals surface area contributed by atoms with Gasteiger partial charge in [0, 0.05) is 14.5 Å². The molecular formula is C14H10ClFOS2. The van der Waals surface area contributed by atoms with Gasteiger partial charge in [-0.1, -0.05) is 17.7 Å². The first-order valence-corrected chi connectivity index (χ1v) is 7.68. The van der Waals surface area contributed by atoms with Crippen LogP contribution in [0.1, 0.15) is 21.4 Å². The summed E-state index contributed by atoms with van der Waals surface area (Å²) in [5.41, 5.74) is 0.966. The van der Waals surface area contributed by atoms with Crippen LogP contribution in [0.15, 0.2) is 30.3 Å². The molecule has 1 aromatic carbocycles. The highest BCUT2D eigenvalue weighted by Gasteiger charge is 2.17. The maximum Gasteiger partial charge on any atom is 0.124 e. The first-order valence-electron chi connectivity index (χ1n) is 5.67. The lowest BCUT2D eigenvalue weighted by Gasteiger charge is -2.04. The molecule has 1 atom stereocenters. The van der Waals surface area contributed by atoms with Crippen molar-refractivity contribution in [1.29, 1.82) is 0 Å². The Balaban J connectivity index is 2.03. The molecule has 1 nitrogen and oxygen atoms in total. The molecule has 0 saturated carbocycles. The maximum atomic E-state index is 13.2. The summed E-state index contributed by atoms with van der Waals surface area (Å²) in [6.07, 6.45) is -0.698. The average Bonchev–Trinajstić information content (AvgIpc) is 2.92. The normalized spacial score (nSPS) is 13.1. The van der Waals surface area contributed by atoms with Gasteiger partial charge in [-0.3, -0.25) is 0 Å². The lowest BCUT2D eigenvalue weighted by molar-refractivity contribution is 0.228. The maximum absolute atomic E-state index is 13.2. The van der Waals surface area contributed by atoms with Crippen molar-refractivity contribution in [3.63, 3.8) is 0 Å². The van der Waals surface area contributed by atoms with Gasteiger partial charge in [-0.05, 0) is 42.1 Å². The second-order valence-electron chi connectivity index (χ2n) is 4.34. The zero-order valence-corrected chi connectivity index (χ0v) is 12.4. The molecule has 1 N–H and O–H groups in total. The lowest BCUT2D eigenvalue weighted by Crippen LogP contribution is -1.92. The van der Waals surface area contributed by atoms with E-state index >= 15 is 0 Å². The van der Waals surface area contributed by atoms with Gasteiger partial charge in [0.15, 0.2) is 0 Å². The van der Waals surface area contributed by atoms with Gasteiger partial charge in [-0.25, -0.2) is 4.39 Å². The molecule has 98 valence electrons. The number of hydrogen-bond donors (Lipinski definition) is 1. The third kappa shape index (κ3) is 2.41. The van der Waals surface area contributed by atoms with Crippen LogP contribution in [-0.2, 0) is 0 Å². The predicted octanol–water partition coefficient (Wildman–Crippen LogP) is 5.15. The van der Waals surface area contributed by atoms with Gasteiger partial charge < -0.3 is 5.11 Å². The van der Waals surface area contributed by atoms with Gasteiger partial charge in [-0.2, -0.15) is 0 Å². The summed E-state index contributed by atoms with van der Waals surface area (Å²) in [5, 5.41) is 11.3. The Morgan fingerprint density at radius 1 is 1.16 bits per heavy atom. The van der Waals surface area contributed by atoms with E-state index in [1.807, 2.05) is 19.1 Å². The highest BCUT2D eigenvalue weighted by Crippen LogP contribution is 2.38. The third-order valence-electron chi connectivity index (χ3n) is 2.92. The van der Waals surface area contributed by atoms with Crippen molar-refractivity contribution < 1.29 is 9.50 Å². The van der Waals surface area contributed by atoms with Crippen molar-refractivity contribution >= 4 is 44.4 Å². The predicted molar refractivity (Wildman–Crippen MR) is 79.9 cm³/mol. The SMILES string of the molecule is Cc1cc(C(O)c2cc3ccc(F)cc3s2)sc1Cl. The van der Waals surface area contributed by atoms with Gasteiger partial charge in [0.2, 0.25) is 0 Å². The van der Waals surface area contributed by atoms with Gasteiger partial charge >= 0.3 is 0 Å². The summed E-state index contributed by atoms with van der Waals surface area (Å²) < 4.78 is 14.7. The van der Waals surface area contributed by atoms with E-state index in [2.05, 4.69) is 0 Å². The van der Waals surface area contributed by atoms with Crippen LogP contribution in [0.3, 0.4) is 0 Å². The molecule has 2 heterocycles. The number of rotatable bonds is 2. The molecule has 0 aliphatic heterocycles. The van der Waals surface area contributed by atoms with E-state index in [0.717, 1.165) is 25.4 Å². The fourth-order valence-corrected chi connectivity index (χ4v) is 4.31. The summed E-state index contributed by atoms with van der Waals surface area (Å²) in [7, 11) is 0. The monoisotopic (exact) mass is 312 g/mol. The van der Waals surface area contributed by atoms with Crippen LogP contribution < -0.4 is 0 Å². The van der Waals surface area contributed by atoms with Crippen LogP contribution in [-0.4, -0.2) is 5.11 Å². The summed E-state index contributed by atoms with van der Waals surface area (Å²) >= 11 is 8.80. The van der Waals surface area contributed by atoms with Crippen LogP contribution in [0.2, 0.25) is 4.34 Å². The van der Waals surface area contributed by atoms with Gasteiger partial charge in [-0.15, -0.1) is 22.7 Å². The van der Waals surface area contributed by atoms with Crippen LogP contribution in [0.5, 0.6) is 0 Å². The molecule has 2 aromatic heterocycles. The largest absolute Gasteiger partial charge is 0.382 e. The number of benzene rings is 1. The first kappa shape index (κ1) is 13.1. The van der Waals surface area contributed by atoms with Gasteiger partial charge in [0.25, 0.3) is 0 Å². The number of halogens is 2. The Hall–Kier alpha value is -0.940. The summed E-state index contributed by atoms with van der Waals surface area (Å²) in [4.78, 5) is 1.62. The molecular weight excluding hydrogens is 303 g/mol. The molecule has 19 heavy (non-hydrogen) atoms. The molecule has 0 fully saturated rings. The number of aliphatic hydroxyl groups is 1. The highest BCUT2D eigenvalue weighted by atomic mass is 35.5. The van der Waals surface area contributed by atoms with Crippen LogP contribution in [0.4, 0.5) is 4.39 Å². The molecule has 0 saturated heterocycles. The van der Waals surface area contributed by atoms with E-state index in [-0.39, 0.29) is 5.82 Å². The van der Waals surface area contributed by atoms with Crippen molar-refractivity contribution in [1.82, 2.24) is 0 Å². The fourth-order valence-electron chi connectivity index (χ4n) is 1.92. The smallest absolute Gasteiger partial charge is 0.124 e. The Kier molecular flexibility index (Phi) is 3.35. The van der Waals surface area contributed by atoms with Gasteiger partial charge in [0.05, 0.1) is 4.34 Å². The van der Waals surface area contributed by atoms with E-state index < -0.39 is 6.10 Å². The standard InChI is InChI=1S/C14H10ClFOS2/c1-7-4-11(19-14(7)15)13(17)12-5-8-2-3-9(16)6-10(8)18-12/h2-6,13,17H,1H3. The Bertz CT molecular complexity index is 728. The number of aliphatic hydroxyl groups excluding tert-OH is 1. The van der Waals surface area contributed by atoms with E-state index in [1.54, 1.807) is 6.07 Å². The van der Waals surface area contributed by atoms with Crippen molar-refractivity contribution in [2.45, 2.75) is 13.0 Å². The minimum atomic E-state index is -0.698. The first-order chi connectivity index (χ1) is 9.04. The zero-order chi connectivity index (χ0) is 13.6. The Labute approximate surface area is 122 Å². The van der Waals surface area contributed by atoms with Crippen LogP contribution >= 0.6 is 34.3 Å². The molecule has 0 aliphatic carbocycles. The lowest BCUT2D eigenvalue weighted by atomic mass is 10.2. The molecule has 3 rings (SSSR count). The van der Waals surface area contributed by atoms with E-state index in [4.69, 9.17) is 11.6 Å². The minimum Gasteiger partial charge on any atom is -0.382 e. The number of thiophene rings is 2. The van der Waals surface area contributed by atoms with Crippen molar-refractivity contribution in [2.75, 3.05) is 0 Å². The third-order valence-corrected chi connectivity index (χ3v) is 5.67. The average molecular weight is 313 g/mol. The Morgan fingerprint density at radius 2 is 1.89 bits per heavy atom. The quantitative estimate of drug-likeness (QED) is 0.694. The summed E-state index contributed by atoms with van der Waals surface area (Å²) in [6, 6.07) is 8.43. The van der Waals surface area contributed by atoms with Crippen LogP contribution in [0, 0.1) is 12.7 Å². The highest BCUT2D eigenvalue weighted by molar-refractivity contribution is 7.19. The van der Waals surface area contributed by atoms with E-state index in [9.17, 15) is 9.50 Å². The number of hydrogen-bond acceptors (Lipinski definition) is 3. The number of aryl methyl sites for hydroxylation is 1. The summed E-state index contributed by atoms with van der Waals surface area (Å²) in [6.45, 7) is 1.91. The molecule has 0 amide bonds. The van der Waals surface area contributed by atoms with Crippen molar-refractivity contribution in [2.24, 2.45) is 0 Å². The van der Waals surface area contributed by atoms with E-state index in [1.165, 1.54) is 34.8 Å². The summed E-state index contributed by atoms with van der Waals surface area (Å²) in [5.74, 6) is -0.259. The van der Waals surface area contributed by atoms with Crippen molar-refractivity contribution in [3.05, 3.63) is 55.8 Å². The minimum absolute atomic E-state index is 0.259.